The van der Waals surface area contributed by atoms with Crippen LogP contribution in [-0.4, -0.2) is 38.1 Å². The second-order valence-electron chi connectivity index (χ2n) is 7.25. The van der Waals surface area contributed by atoms with E-state index in [9.17, 15) is 19.3 Å². The molecule has 9 heteroatoms. The third-order valence-electron chi connectivity index (χ3n) is 3.96. The zero-order valence-electron chi connectivity index (χ0n) is 16.2. The van der Waals surface area contributed by atoms with Gasteiger partial charge in [0.25, 0.3) is 0 Å². The lowest BCUT2D eigenvalue weighted by atomic mass is 10.1. The summed E-state index contributed by atoms with van der Waals surface area (Å²) in [6, 6.07) is 3.93. The fourth-order valence-electron chi connectivity index (χ4n) is 2.52. The molecule has 0 unspecified atom stereocenters. The molecular weight excluding hydrogens is 355 g/mol. The van der Waals surface area contributed by atoms with Gasteiger partial charge < -0.3 is 14.2 Å². The Kier molecular flexibility index (Phi) is 5.53. The molecule has 0 radical (unpaired) electrons. The van der Waals surface area contributed by atoms with Gasteiger partial charge in [0, 0.05) is 25.7 Å². The minimum atomic E-state index is -0.957. The van der Waals surface area contributed by atoms with E-state index in [4.69, 9.17) is 4.74 Å². The molecule has 0 atom stereocenters. The molecule has 0 saturated heterocycles. The lowest BCUT2D eigenvalue weighted by Gasteiger charge is -2.25. The molecule has 0 bridgehead atoms. The first kappa shape index (κ1) is 20.3. The van der Waals surface area contributed by atoms with E-state index in [0.29, 0.717) is 11.5 Å². The van der Waals surface area contributed by atoms with Gasteiger partial charge in [-0.3, -0.25) is 10.1 Å². The van der Waals surface area contributed by atoms with Crippen LogP contribution in [0.1, 0.15) is 32.3 Å². The van der Waals surface area contributed by atoms with Gasteiger partial charge in [-0.15, -0.1) is 0 Å². The summed E-state index contributed by atoms with van der Waals surface area (Å²) in [7, 11) is 3.29. The molecule has 1 amide bonds. The van der Waals surface area contributed by atoms with Gasteiger partial charge in [-0.05, 0) is 33.8 Å². The van der Waals surface area contributed by atoms with E-state index in [1.54, 1.807) is 46.4 Å². The van der Waals surface area contributed by atoms with E-state index in [-0.39, 0.29) is 17.8 Å². The molecule has 2 rings (SSSR count). The highest BCUT2D eigenvalue weighted by Gasteiger charge is 2.26. The third kappa shape index (κ3) is 4.42. The van der Waals surface area contributed by atoms with Gasteiger partial charge >= 0.3 is 11.8 Å². The summed E-state index contributed by atoms with van der Waals surface area (Å²) >= 11 is 0. The van der Waals surface area contributed by atoms with Crippen LogP contribution in [0.15, 0.2) is 18.2 Å². The Morgan fingerprint density at radius 3 is 2.59 bits per heavy atom. The highest BCUT2D eigenvalue weighted by atomic mass is 19.1. The molecule has 0 N–H and O–H groups in total. The molecule has 0 aliphatic carbocycles. The van der Waals surface area contributed by atoms with Gasteiger partial charge in [0.2, 0.25) is 5.82 Å². The first-order valence-corrected chi connectivity index (χ1v) is 8.32. The average Bonchev–Trinajstić information content (AvgIpc) is 2.81. The Morgan fingerprint density at radius 2 is 2.04 bits per heavy atom. The summed E-state index contributed by atoms with van der Waals surface area (Å²) in [6.45, 7) is 7.12. The molecule has 0 aliphatic rings. The Bertz CT molecular complexity index is 886. The number of nitro groups is 1. The largest absolute Gasteiger partial charge is 0.444 e. The van der Waals surface area contributed by atoms with E-state index in [0.717, 1.165) is 6.07 Å². The number of amides is 1. The lowest BCUT2D eigenvalue weighted by Crippen LogP contribution is -2.34. The molecule has 8 nitrogen and oxygen atoms in total. The highest BCUT2D eigenvalue weighted by Crippen LogP contribution is 2.31. The Labute approximate surface area is 156 Å². The summed E-state index contributed by atoms with van der Waals surface area (Å²) in [5, 5.41) is 11.0. The van der Waals surface area contributed by atoms with Crippen molar-refractivity contribution in [1.29, 1.82) is 0 Å². The number of hydrogen-bond acceptors (Lipinski definition) is 5. The maximum atomic E-state index is 14.7. The predicted octanol–water partition coefficient (Wildman–Crippen LogP) is 3.81. The minimum absolute atomic E-state index is 0.0143. The van der Waals surface area contributed by atoms with Crippen LogP contribution in [0.25, 0.3) is 11.3 Å². The first-order valence-electron chi connectivity index (χ1n) is 8.32. The average molecular weight is 378 g/mol. The summed E-state index contributed by atoms with van der Waals surface area (Å²) < 4.78 is 21.7. The van der Waals surface area contributed by atoms with Gasteiger partial charge in [-0.1, -0.05) is 6.07 Å². The molecular formula is C18H23FN4O4. The molecule has 0 saturated carbocycles. The van der Waals surface area contributed by atoms with Crippen LogP contribution in [0, 0.1) is 22.9 Å². The van der Waals surface area contributed by atoms with Crippen LogP contribution in [0.3, 0.4) is 0 Å². The number of benzene rings is 1. The van der Waals surface area contributed by atoms with E-state index < -0.39 is 28.1 Å². The first-order chi connectivity index (χ1) is 12.4. The Morgan fingerprint density at radius 1 is 1.41 bits per heavy atom. The maximum absolute atomic E-state index is 14.7. The fourth-order valence-corrected chi connectivity index (χ4v) is 2.52. The molecule has 27 heavy (non-hydrogen) atoms. The normalized spacial score (nSPS) is 11.4. The van der Waals surface area contributed by atoms with Crippen molar-refractivity contribution in [2.45, 2.75) is 39.8 Å². The maximum Gasteiger partial charge on any atom is 0.410 e. The van der Waals surface area contributed by atoms with E-state index in [1.165, 1.54) is 17.0 Å². The number of halogens is 1. The monoisotopic (exact) mass is 378 g/mol. The third-order valence-corrected chi connectivity index (χ3v) is 3.96. The second kappa shape index (κ2) is 7.34. The fraction of sp³-hybridized carbons (Fsp3) is 0.444. The number of aromatic nitrogens is 2. The van der Waals surface area contributed by atoms with Crippen molar-refractivity contribution in [3.05, 3.63) is 45.6 Å². The SMILES string of the molecule is Cc1nc(-c2cccc([N+](=O)[O-])c2F)c(CN(C)C(=O)OC(C)(C)C)n1C. The highest BCUT2D eigenvalue weighted by molar-refractivity contribution is 5.70. The number of hydrogen-bond donors (Lipinski definition) is 0. The van der Waals surface area contributed by atoms with Crippen LogP contribution < -0.4 is 0 Å². The minimum Gasteiger partial charge on any atom is -0.444 e. The zero-order valence-corrected chi connectivity index (χ0v) is 16.2. The van der Waals surface area contributed by atoms with Gasteiger partial charge in [0.1, 0.15) is 11.4 Å². The van der Waals surface area contributed by atoms with E-state index >= 15 is 0 Å². The molecule has 146 valence electrons. The molecule has 0 aliphatic heterocycles. The van der Waals surface area contributed by atoms with Gasteiger partial charge in [0.15, 0.2) is 0 Å². The topological polar surface area (TPSA) is 90.5 Å². The van der Waals surface area contributed by atoms with Crippen molar-refractivity contribution < 1.29 is 18.8 Å². The van der Waals surface area contributed by atoms with Crippen molar-refractivity contribution in [1.82, 2.24) is 14.5 Å². The van der Waals surface area contributed by atoms with Crippen LogP contribution in [0.2, 0.25) is 0 Å². The predicted molar refractivity (Wildman–Crippen MR) is 97.7 cm³/mol. The Balaban J connectivity index is 2.45. The lowest BCUT2D eigenvalue weighted by molar-refractivity contribution is -0.387. The molecule has 2 aromatic rings. The van der Waals surface area contributed by atoms with Crippen LogP contribution in [0.4, 0.5) is 14.9 Å². The van der Waals surface area contributed by atoms with Gasteiger partial charge in [-0.25, -0.2) is 9.78 Å². The number of nitrogens with zero attached hydrogens (tertiary/aromatic N) is 4. The zero-order chi connectivity index (χ0) is 20.5. The van der Waals surface area contributed by atoms with Crippen molar-refractivity contribution in [2.24, 2.45) is 7.05 Å². The van der Waals surface area contributed by atoms with Crippen LogP contribution in [0.5, 0.6) is 0 Å². The Hall–Kier alpha value is -2.97. The van der Waals surface area contributed by atoms with Gasteiger partial charge in [-0.2, -0.15) is 4.39 Å². The summed E-state index contributed by atoms with van der Waals surface area (Å²) in [6.07, 6.45) is -0.535. The number of ether oxygens (including phenoxy) is 1. The number of aryl methyl sites for hydroxylation is 1. The van der Waals surface area contributed by atoms with E-state index in [1.807, 2.05) is 0 Å². The number of rotatable bonds is 4. The summed E-state index contributed by atoms with van der Waals surface area (Å²) in [5.41, 5.74) is -0.461. The smallest absolute Gasteiger partial charge is 0.410 e. The summed E-state index contributed by atoms with van der Waals surface area (Å²) in [4.78, 5) is 28.2. The van der Waals surface area contributed by atoms with Crippen molar-refractivity contribution in [3.63, 3.8) is 0 Å². The second-order valence-corrected chi connectivity index (χ2v) is 7.25. The molecule has 1 aromatic carbocycles. The molecule has 0 fully saturated rings. The van der Waals surface area contributed by atoms with Crippen LogP contribution in [-0.2, 0) is 18.3 Å². The molecule has 1 heterocycles. The van der Waals surface area contributed by atoms with Crippen molar-refractivity contribution >= 4 is 11.8 Å². The molecule has 0 spiro atoms. The quantitative estimate of drug-likeness (QED) is 0.596. The number of imidazole rings is 1. The van der Waals surface area contributed by atoms with Gasteiger partial charge in [0.05, 0.1) is 22.9 Å². The van der Waals surface area contributed by atoms with E-state index in [2.05, 4.69) is 4.98 Å². The number of carbonyl (C=O) groups is 1. The number of carbonyl (C=O) groups excluding carboxylic acids is 1. The van der Waals surface area contributed by atoms with Crippen LogP contribution >= 0.6 is 0 Å². The standard InChI is InChI=1S/C18H23FN4O4/c1-11-20-16(12-8-7-9-13(15(12)19)23(25)26)14(22(11)6)10-21(5)17(24)27-18(2,3)4/h7-9H,10H2,1-6H3. The van der Waals surface area contributed by atoms with Crippen molar-refractivity contribution in [2.75, 3.05) is 7.05 Å². The summed E-state index contributed by atoms with van der Waals surface area (Å²) in [5.74, 6) is -0.370. The number of nitro benzene ring substituents is 1. The van der Waals surface area contributed by atoms with Crippen molar-refractivity contribution in [3.8, 4) is 11.3 Å². The molecule has 1 aromatic heterocycles.